The quantitative estimate of drug-likeness (QED) is 0.445. The topological polar surface area (TPSA) is 101 Å². The standard InChI is InChI=1S/C27H26F2N4O4/c1-26(2,3)36-25(34)33-12-11-27(15-33)10-9-18-19(5-4-6-20(18)27)22-31-23(37-32-22)16-7-8-21(35-24(28)29)17(13-16)14-30/h4-8,13,24H,9-12,15H2,1-3H3. The van der Waals surface area contributed by atoms with Gasteiger partial charge in [0.15, 0.2) is 0 Å². The van der Waals surface area contributed by atoms with E-state index in [1.165, 1.54) is 23.8 Å². The predicted molar refractivity (Wildman–Crippen MR) is 129 cm³/mol. The lowest BCUT2D eigenvalue weighted by molar-refractivity contribution is -0.0500. The highest BCUT2D eigenvalue weighted by atomic mass is 19.3. The molecule has 1 aromatic heterocycles. The molecule has 1 fully saturated rings. The molecule has 192 valence electrons. The van der Waals surface area contributed by atoms with E-state index in [4.69, 9.17) is 9.26 Å². The second-order valence-electron chi connectivity index (χ2n) is 10.4. The smallest absolute Gasteiger partial charge is 0.410 e. The zero-order valence-electron chi connectivity index (χ0n) is 20.8. The summed E-state index contributed by atoms with van der Waals surface area (Å²) in [7, 11) is 0. The molecule has 0 radical (unpaired) electrons. The van der Waals surface area contributed by atoms with Crippen molar-refractivity contribution in [1.82, 2.24) is 15.0 Å². The lowest BCUT2D eigenvalue weighted by Crippen LogP contribution is -2.37. The molecule has 2 heterocycles. The van der Waals surface area contributed by atoms with Crippen molar-refractivity contribution in [1.29, 1.82) is 5.26 Å². The van der Waals surface area contributed by atoms with Crippen LogP contribution in [0.25, 0.3) is 22.8 Å². The first-order chi connectivity index (χ1) is 17.6. The van der Waals surface area contributed by atoms with E-state index < -0.39 is 12.2 Å². The van der Waals surface area contributed by atoms with Gasteiger partial charge >= 0.3 is 12.7 Å². The van der Waals surface area contributed by atoms with Crippen molar-refractivity contribution >= 4 is 6.09 Å². The van der Waals surface area contributed by atoms with Crippen LogP contribution in [-0.2, 0) is 16.6 Å². The number of hydrogen-bond acceptors (Lipinski definition) is 7. The van der Waals surface area contributed by atoms with Gasteiger partial charge in [0.05, 0.1) is 5.56 Å². The Morgan fingerprint density at radius 2 is 2.05 bits per heavy atom. The summed E-state index contributed by atoms with van der Waals surface area (Å²) in [6.45, 7) is 3.78. The van der Waals surface area contributed by atoms with Gasteiger partial charge in [0.2, 0.25) is 5.82 Å². The summed E-state index contributed by atoms with van der Waals surface area (Å²) in [5, 5.41) is 13.5. The normalized spacial score (nSPS) is 18.8. The van der Waals surface area contributed by atoms with E-state index in [0.29, 0.717) is 24.5 Å². The number of ether oxygens (including phenoxy) is 2. The second-order valence-corrected chi connectivity index (χ2v) is 10.4. The molecule has 1 saturated heterocycles. The number of amides is 1. The Hall–Kier alpha value is -4.00. The molecule has 0 saturated carbocycles. The van der Waals surface area contributed by atoms with Crippen molar-refractivity contribution in [2.45, 2.75) is 57.7 Å². The van der Waals surface area contributed by atoms with Crippen LogP contribution in [0.5, 0.6) is 5.75 Å². The van der Waals surface area contributed by atoms with Crippen LogP contribution in [0.15, 0.2) is 40.9 Å². The number of alkyl halides is 2. The number of nitriles is 1. The minimum atomic E-state index is -3.03. The van der Waals surface area contributed by atoms with Gasteiger partial charge in [0.25, 0.3) is 5.89 Å². The number of aromatic nitrogens is 2. The highest BCUT2D eigenvalue weighted by molar-refractivity contribution is 5.71. The number of rotatable bonds is 4. The Labute approximate surface area is 212 Å². The van der Waals surface area contributed by atoms with Crippen LogP contribution < -0.4 is 4.74 Å². The number of hydrogen-bond donors (Lipinski definition) is 0. The lowest BCUT2D eigenvalue weighted by Gasteiger charge is -2.27. The van der Waals surface area contributed by atoms with Crippen LogP contribution in [0.2, 0.25) is 0 Å². The first kappa shape index (κ1) is 24.7. The molecule has 1 aliphatic carbocycles. The van der Waals surface area contributed by atoms with Crippen LogP contribution >= 0.6 is 0 Å². The van der Waals surface area contributed by atoms with Gasteiger partial charge in [-0.15, -0.1) is 0 Å². The summed E-state index contributed by atoms with van der Waals surface area (Å²) in [6.07, 6.45) is 2.28. The van der Waals surface area contributed by atoms with Crippen LogP contribution in [-0.4, -0.2) is 46.4 Å². The number of carbonyl (C=O) groups excluding carboxylic acids is 1. The highest BCUT2D eigenvalue weighted by Gasteiger charge is 2.47. The molecule has 5 rings (SSSR count). The SMILES string of the molecule is CC(C)(C)OC(=O)N1CCC2(CCc3c(-c4noc(-c5ccc(OC(F)F)c(C#N)c5)n4)cccc32)C1. The van der Waals surface area contributed by atoms with Crippen LogP contribution in [0.4, 0.5) is 13.6 Å². The third-order valence-electron chi connectivity index (χ3n) is 6.84. The van der Waals surface area contributed by atoms with E-state index in [-0.39, 0.29) is 28.7 Å². The van der Waals surface area contributed by atoms with E-state index >= 15 is 0 Å². The summed E-state index contributed by atoms with van der Waals surface area (Å²) in [6, 6.07) is 12.0. The van der Waals surface area contributed by atoms with Crippen molar-refractivity contribution in [3.05, 3.63) is 53.1 Å². The highest BCUT2D eigenvalue weighted by Crippen LogP contribution is 2.48. The molecule has 1 amide bonds. The summed E-state index contributed by atoms with van der Waals surface area (Å²) >= 11 is 0. The molecule has 3 aromatic rings. The zero-order valence-corrected chi connectivity index (χ0v) is 20.8. The van der Waals surface area contributed by atoms with Crippen LogP contribution in [0.3, 0.4) is 0 Å². The Morgan fingerprint density at radius 1 is 1.24 bits per heavy atom. The Balaban J connectivity index is 1.41. The van der Waals surface area contributed by atoms with E-state index in [0.717, 1.165) is 30.4 Å². The first-order valence-corrected chi connectivity index (χ1v) is 12.0. The maximum atomic E-state index is 12.7. The lowest BCUT2D eigenvalue weighted by atomic mass is 9.81. The predicted octanol–water partition coefficient (Wildman–Crippen LogP) is 5.70. The molecule has 0 N–H and O–H groups in total. The fourth-order valence-corrected chi connectivity index (χ4v) is 5.24. The third kappa shape index (κ3) is 4.73. The molecule has 1 aliphatic heterocycles. The first-order valence-electron chi connectivity index (χ1n) is 12.0. The number of fused-ring (bicyclic) bond motifs is 2. The fraction of sp³-hybridized carbons (Fsp3) is 0.407. The minimum Gasteiger partial charge on any atom is -0.444 e. The molecule has 0 bridgehead atoms. The molecule has 1 atom stereocenters. The summed E-state index contributed by atoms with van der Waals surface area (Å²) in [5.74, 6) is 0.346. The Morgan fingerprint density at radius 3 is 2.78 bits per heavy atom. The van der Waals surface area contributed by atoms with Gasteiger partial charge in [0.1, 0.15) is 17.4 Å². The molecule has 10 heteroatoms. The van der Waals surface area contributed by atoms with Gasteiger partial charge < -0.3 is 18.9 Å². The van der Waals surface area contributed by atoms with Gasteiger partial charge in [-0.25, -0.2) is 4.79 Å². The van der Waals surface area contributed by atoms with Crippen molar-refractivity contribution in [3.8, 4) is 34.7 Å². The van der Waals surface area contributed by atoms with E-state index in [9.17, 15) is 18.8 Å². The Bertz CT molecular complexity index is 1390. The van der Waals surface area contributed by atoms with Crippen LogP contribution in [0.1, 0.15) is 50.3 Å². The maximum absolute atomic E-state index is 12.7. The number of halogens is 2. The minimum absolute atomic E-state index is 0.0594. The summed E-state index contributed by atoms with van der Waals surface area (Å²) in [4.78, 5) is 19.0. The molecule has 37 heavy (non-hydrogen) atoms. The summed E-state index contributed by atoms with van der Waals surface area (Å²) < 4.78 is 40.6. The fourth-order valence-electron chi connectivity index (χ4n) is 5.24. The van der Waals surface area contributed by atoms with Crippen molar-refractivity contribution in [3.63, 3.8) is 0 Å². The van der Waals surface area contributed by atoms with Gasteiger partial charge in [0, 0.05) is 29.6 Å². The largest absolute Gasteiger partial charge is 0.444 e. The zero-order chi connectivity index (χ0) is 26.4. The molecule has 1 spiro atoms. The van der Waals surface area contributed by atoms with E-state index in [1.807, 2.05) is 39.0 Å². The van der Waals surface area contributed by atoms with E-state index in [2.05, 4.69) is 20.9 Å². The monoisotopic (exact) mass is 508 g/mol. The molecular formula is C27H26F2N4O4. The van der Waals surface area contributed by atoms with Crippen LogP contribution in [0, 0.1) is 11.3 Å². The van der Waals surface area contributed by atoms with Crippen molar-refractivity contribution < 1.29 is 27.6 Å². The number of nitrogens with zero attached hydrogens (tertiary/aromatic N) is 4. The molecular weight excluding hydrogens is 482 g/mol. The molecule has 8 nitrogen and oxygen atoms in total. The number of carbonyl (C=O) groups is 1. The maximum Gasteiger partial charge on any atom is 0.410 e. The third-order valence-corrected chi connectivity index (χ3v) is 6.84. The van der Waals surface area contributed by atoms with Crippen molar-refractivity contribution in [2.24, 2.45) is 0 Å². The van der Waals surface area contributed by atoms with E-state index in [1.54, 1.807) is 4.90 Å². The average Bonchev–Trinajstić information content (AvgIpc) is 3.58. The Kier molecular flexibility index (Phi) is 6.10. The number of benzene rings is 2. The average molecular weight is 509 g/mol. The second kappa shape index (κ2) is 9.14. The van der Waals surface area contributed by atoms with Gasteiger partial charge in [-0.2, -0.15) is 19.0 Å². The molecule has 1 unspecified atom stereocenters. The number of likely N-dealkylation sites (tertiary alicyclic amines) is 1. The van der Waals surface area contributed by atoms with Gasteiger partial charge in [-0.05, 0) is 69.4 Å². The molecule has 2 aromatic carbocycles. The van der Waals surface area contributed by atoms with Gasteiger partial charge in [-0.1, -0.05) is 23.4 Å². The molecule has 2 aliphatic rings. The summed E-state index contributed by atoms with van der Waals surface area (Å²) in [5.41, 5.74) is 2.83. The van der Waals surface area contributed by atoms with Gasteiger partial charge in [-0.3, -0.25) is 0 Å². The van der Waals surface area contributed by atoms with Crippen molar-refractivity contribution in [2.75, 3.05) is 13.1 Å².